The minimum absolute atomic E-state index is 0.0536. The van der Waals surface area contributed by atoms with E-state index in [0.717, 1.165) is 18.2 Å². The van der Waals surface area contributed by atoms with Gasteiger partial charge in [0.25, 0.3) is 0 Å². The first-order chi connectivity index (χ1) is 10.5. The molecule has 0 fully saturated rings. The number of hydrogen-bond acceptors (Lipinski definition) is 3. The van der Waals surface area contributed by atoms with E-state index in [1.54, 1.807) is 13.8 Å². The molecule has 5 nitrogen and oxygen atoms in total. The van der Waals surface area contributed by atoms with Crippen LogP contribution in [0, 0.1) is 5.92 Å². The first-order valence-corrected chi connectivity index (χ1v) is 6.97. The average Bonchev–Trinajstić information content (AvgIpc) is 2.38. The van der Waals surface area contributed by atoms with Crippen LogP contribution in [0.15, 0.2) is 18.2 Å². The predicted molar refractivity (Wildman–Crippen MR) is 79.8 cm³/mol. The van der Waals surface area contributed by atoms with Gasteiger partial charge in [-0.15, -0.1) is 0 Å². The second kappa shape index (κ2) is 7.45. The zero-order valence-corrected chi connectivity index (χ0v) is 13.0. The number of halogens is 3. The quantitative estimate of drug-likeness (QED) is 0.775. The molecule has 0 saturated carbocycles. The molecule has 0 aliphatic rings. The number of rotatable bonds is 5. The third-order valence-corrected chi connectivity index (χ3v) is 3.10. The second-order valence-corrected chi connectivity index (χ2v) is 5.50. The van der Waals surface area contributed by atoms with Crippen molar-refractivity contribution in [3.05, 3.63) is 23.8 Å². The van der Waals surface area contributed by atoms with Gasteiger partial charge >= 0.3 is 6.18 Å². The molecule has 1 unspecified atom stereocenters. The van der Waals surface area contributed by atoms with Crippen LogP contribution in [0.25, 0.3) is 0 Å². The van der Waals surface area contributed by atoms with E-state index >= 15 is 0 Å². The maximum Gasteiger partial charge on any atom is 0.416 e. The van der Waals surface area contributed by atoms with Gasteiger partial charge in [0.2, 0.25) is 11.8 Å². The zero-order chi connectivity index (χ0) is 17.8. The van der Waals surface area contributed by atoms with Crippen LogP contribution in [0.3, 0.4) is 0 Å². The predicted octanol–water partition coefficient (Wildman–Crippen LogP) is 3.01. The van der Waals surface area contributed by atoms with Crippen molar-refractivity contribution >= 4 is 23.2 Å². The third-order valence-electron chi connectivity index (χ3n) is 3.10. The molecule has 1 aromatic carbocycles. The van der Waals surface area contributed by atoms with Crippen LogP contribution >= 0.6 is 0 Å². The molecule has 2 amide bonds. The summed E-state index contributed by atoms with van der Waals surface area (Å²) in [6, 6.07) is 2.62. The summed E-state index contributed by atoms with van der Waals surface area (Å²) in [6.07, 6.45) is -5.75. The SMILES string of the molecule is CC(=O)Nc1ccc(C(F)(F)F)cc1NC(=O)CC(O)C(C)C. The van der Waals surface area contributed by atoms with Crippen molar-refractivity contribution in [2.24, 2.45) is 5.92 Å². The molecule has 0 radical (unpaired) electrons. The van der Waals surface area contributed by atoms with Crippen LogP contribution in [-0.4, -0.2) is 23.0 Å². The molecule has 1 rings (SSSR count). The molecule has 0 aliphatic carbocycles. The van der Waals surface area contributed by atoms with Crippen LogP contribution in [0.2, 0.25) is 0 Å². The van der Waals surface area contributed by atoms with Crippen LogP contribution in [0.5, 0.6) is 0 Å². The first-order valence-electron chi connectivity index (χ1n) is 6.97. The van der Waals surface area contributed by atoms with E-state index < -0.39 is 29.7 Å². The summed E-state index contributed by atoms with van der Waals surface area (Å²) in [5, 5.41) is 14.3. The standard InChI is InChI=1S/C15H19F3N2O3/c1-8(2)13(22)7-14(23)20-12-6-10(15(16,17)18)4-5-11(12)19-9(3)21/h4-6,8,13,22H,7H2,1-3H3,(H,19,21)(H,20,23). The number of hydrogen-bond donors (Lipinski definition) is 3. The van der Waals surface area contributed by atoms with Crippen LogP contribution in [0.4, 0.5) is 24.5 Å². The van der Waals surface area contributed by atoms with Crippen LogP contribution in [-0.2, 0) is 15.8 Å². The lowest BCUT2D eigenvalue weighted by atomic mass is 10.0. The van der Waals surface area contributed by atoms with Crippen molar-refractivity contribution in [2.75, 3.05) is 10.6 Å². The molecule has 23 heavy (non-hydrogen) atoms. The Kier molecular flexibility index (Phi) is 6.14. The number of amides is 2. The lowest BCUT2D eigenvalue weighted by Crippen LogP contribution is -2.24. The lowest BCUT2D eigenvalue weighted by Gasteiger charge is -2.17. The molecular weight excluding hydrogens is 313 g/mol. The van der Waals surface area contributed by atoms with Gasteiger partial charge in [0, 0.05) is 6.92 Å². The Bertz CT molecular complexity index is 586. The molecule has 128 valence electrons. The fourth-order valence-corrected chi connectivity index (χ4v) is 1.75. The molecule has 0 saturated heterocycles. The Morgan fingerprint density at radius 3 is 2.26 bits per heavy atom. The van der Waals surface area contributed by atoms with Gasteiger partial charge in [-0.05, 0) is 24.1 Å². The van der Waals surface area contributed by atoms with Gasteiger partial charge in [-0.1, -0.05) is 13.8 Å². The molecule has 1 atom stereocenters. The summed E-state index contributed by atoms with van der Waals surface area (Å²) in [4.78, 5) is 23.0. The van der Waals surface area contributed by atoms with Gasteiger partial charge < -0.3 is 15.7 Å². The molecule has 0 aromatic heterocycles. The number of carbonyl (C=O) groups is 2. The van der Waals surface area contributed by atoms with E-state index in [0.29, 0.717) is 0 Å². The number of nitrogens with one attached hydrogen (secondary N) is 2. The minimum Gasteiger partial charge on any atom is -0.392 e. The lowest BCUT2D eigenvalue weighted by molar-refractivity contribution is -0.137. The molecule has 3 N–H and O–H groups in total. The Hall–Kier alpha value is -2.09. The first kappa shape index (κ1) is 19.0. The third kappa shape index (κ3) is 5.90. The molecular formula is C15H19F3N2O3. The van der Waals surface area contributed by atoms with E-state index in [1.807, 2.05) is 0 Å². The molecule has 0 spiro atoms. The number of alkyl halides is 3. The highest BCUT2D eigenvalue weighted by molar-refractivity contribution is 5.99. The van der Waals surface area contributed by atoms with Crippen molar-refractivity contribution in [3.8, 4) is 0 Å². The van der Waals surface area contributed by atoms with Crippen molar-refractivity contribution in [3.63, 3.8) is 0 Å². The molecule has 0 heterocycles. The van der Waals surface area contributed by atoms with Gasteiger partial charge in [0.15, 0.2) is 0 Å². The Balaban J connectivity index is 3.04. The monoisotopic (exact) mass is 332 g/mol. The van der Waals surface area contributed by atoms with E-state index in [2.05, 4.69) is 10.6 Å². The Morgan fingerprint density at radius 2 is 1.78 bits per heavy atom. The van der Waals surface area contributed by atoms with Crippen molar-refractivity contribution < 1.29 is 27.9 Å². The van der Waals surface area contributed by atoms with Crippen LogP contribution < -0.4 is 10.6 Å². The van der Waals surface area contributed by atoms with Crippen LogP contribution in [0.1, 0.15) is 32.8 Å². The van der Waals surface area contributed by atoms with E-state index in [1.165, 1.54) is 6.92 Å². The van der Waals surface area contributed by atoms with Crippen molar-refractivity contribution in [1.29, 1.82) is 0 Å². The minimum atomic E-state index is -4.58. The summed E-state index contributed by atoms with van der Waals surface area (Å²) >= 11 is 0. The number of benzene rings is 1. The summed E-state index contributed by atoms with van der Waals surface area (Å²) in [7, 11) is 0. The zero-order valence-electron chi connectivity index (χ0n) is 13.0. The highest BCUT2D eigenvalue weighted by Crippen LogP contribution is 2.34. The fraction of sp³-hybridized carbons (Fsp3) is 0.467. The summed E-state index contributed by atoms with van der Waals surface area (Å²) in [5.74, 6) is -1.29. The maximum atomic E-state index is 12.8. The maximum absolute atomic E-state index is 12.8. The van der Waals surface area contributed by atoms with Gasteiger partial charge in [-0.2, -0.15) is 13.2 Å². The number of aliphatic hydroxyl groups excluding tert-OH is 1. The normalized spacial score (nSPS) is 12.9. The molecule has 1 aromatic rings. The molecule has 0 bridgehead atoms. The summed E-state index contributed by atoms with van der Waals surface area (Å²) in [6.45, 7) is 4.63. The average molecular weight is 332 g/mol. The highest BCUT2D eigenvalue weighted by atomic mass is 19.4. The number of anilines is 2. The van der Waals surface area contributed by atoms with Crippen molar-refractivity contribution in [2.45, 2.75) is 39.5 Å². The topological polar surface area (TPSA) is 78.4 Å². The van der Waals surface area contributed by atoms with Gasteiger partial charge in [0.1, 0.15) is 0 Å². The van der Waals surface area contributed by atoms with E-state index in [9.17, 15) is 27.9 Å². The summed E-state index contributed by atoms with van der Waals surface area (Å²) in [5.41, 5.74) is -1.07. The van der Waals surface area contributed by atoms with Gasteiger partial charge in [-0.25, -0.2) is 0 Å². The largest absolute Gasteiger partial charge is 0.416 e. The van der Waals surface area contributed by atoms with Gasteiger partial charge in [0.05, 0.1) is 29.5 Å². The Labute approximate surface area is 131 Å². The Morgan fingerprint density at radius 1 is 1.17 bits per heavy atom. The fourth-order valence-electron chi connectivity index (χ4n) is 1.75. The number of carbonyl (C=O) groups excluding carboxylic acids is 2. The van der Waals surface area contributed by atoms with E-state index in [4.69, 9.17) is 0 Å². The summed E-state index contributed by atoms with van der Waals surface area (Å²) < 4.78 is 38.3. The van der Waals surface area contributed by atoms with Crippen molar-refractivity contribution in [1.82, 2.24) is 0 Å². The smallest absolute Gasteiger partial charge is 0.392 e. The highest BCUT2D eigenvalue weighted by Gasteiger charge is 2.31. The molecule has 8 heteroatoms. The van der Waals surface area contributed by atoms with E-state index in [-0.39, 0.29) is 23.7 Å². The van der Waals surface area contributed by atoms with Gasteiger partial charge in [-0.3, -0.25) is 9.59 Å². The molecule has 0 aliphatic heterocycles. The number of aliphatic hydroxyl groups is 1. The second-order valence-electron chi connectivity index (χ2n) is 5.50.